The fourth-order valence-corrected chi connectivity index (χ4v) is 9.95. The molecule has 1 aromatic carbocycles. The van der Waals surface area contributed by atoms with Crippen LogP contribution < -0.4 is 9.77 Å². The van der Waals surface area contributed by atoms with E-state index in [1.165, 1.54) is 29.5 Å². The van der Waals surface area contributed by atoms with Gasteiger partial charge in [0.15, 0.2) is 0 Å². The molecule has 6 unspecified atom stereocenters. The average Bonchev–Trinajstić information content (AvgIpc) is 3.43. The van der Waals surface area contributed by atoms with Crippen molar-refractivity contribution in [2.45, 2.75) is 42.1 Å². The van der Waals surface area contributed by atoms with Crippen LogP contribution in [-0.4, -0.2) is 22.0 Å². The van der Waals surface area contributed by atoms with Gasteiger partial charge in [-0.2, -0.15) is 13.2 Å². The minimum Gasteiger partial charge on any atom is -0.307 e. The first-order valence-electron chi connectivity index (χ1n) is 10.5. The predicted octanol–water partition coefficient (Wildman–Crippen LogP) is 4.28. The lowest BCUT2D eigenvalue weighted by Gasteiger charge is -2.47. The largest absolute Gasteiger partial charge is 0.418 e. The summed E-state index contributed by atoms with van der Waals surface area (Å²) in [7, 11) is 0. The van der Waals surface area contributed by atoms with E-state index in [1.54, 1.807) is 11.8 Å². The highest BCUT2D eigenvalue weighted by atomic mass is 32.2. The number of alkyl halides is 3. The van der Waals surface area contributed by atoms with Gasteiger partial charge in [0, 0.05) is 15.5 Å². The number of aromatic amines is 1. The summed E-state index contributed by atoms with van der Waals surface area (Å²) in [6, 6.07) is 4.79. The molecule has 2 saturated carbocycles. The van der Waals surface area contributed by atoms with E-state index in [-0.39, 0.29) is 39.0 Å². The number of aromatic nitrogens is 1. The summed E-state index contributed by atoms with van der Waals surface area (Å²) in [6.45, 7) is 4.14. The number of para-hydroxylation sites is 1. The van der Waals surface area contributed by atoms with Gasteiger partial charge in [0.25, 0.3) is 0 Å². The van der Waals surface area contributed by atoms with E-state index < -0.39 is 35.4 Å². The number of thiazole rings is 1. The second kappa shape index (κ2) is 6.28. The minimum atomic E-state index is -4.67. The number of halogens is 3. The highest BCUT2D eigenvalue weighted by Crippen LogP contribution is 2.69. The molecule has 1 saturated heterocycles. The Balaban J connectivity index is 1.43. The van der Waals surface area contributed by atoms with E-state index in [2.05, 4.69) is 18.8 Å². The number of imide groups is 1. The van der Waals surface area contributed by atoms with Crippen LogP contribution in [0.25, 0.3) is 0 Å². The van der Waals surface area contributed by atoms with Crippen molar-refractivity contribution in [3.8, 4) is 0 Å². The molecule has 10 heteroatoms. The molecule has 1 N–H and O–H groups in total. The Hall–Kier alpha value is -2.07. The second-order valence-corrected chi connectivity index (χ2v) is 11.8. The third-order valence-electron chi connectivity index (χ3n) is 7.84. The second-order valence-electron chi connectivity index (χ2n) is 9.64. The van der Waals surface area contributed by atoms with E-state index in [1.807, 2.05) is 0 Å². The van der Waals surface area contributed by atoms with E-state index in [0.29, 0.717) is 6.42 Å². The molecule has 32 heavy (non-hydrogen) atoms. The SMILES string of the molecule is CC1(C)c2sc(=O)[nH]c2SC2C3CC(C4C(=O)N(c5ccccc5C(F)(F)F)C(=O)C34)C21. The molecule has 2 aliphatic carbocycles. The Morgan fingerprint density at radius 1 is 1.06 bits per heavy atom. The van der Waals surface area contributed by atoms with Crippen LogP contribution in [-0.2, 0) is 21.2 Å². The maximum absolute atomic E-state index is 13.6. The number of H-pyrrole nitrogens is 1. The molecule has 1 aromatic heterocycles. The van der Waals surface area contributed by atoms with Crippen LogP contribution in [0.2, 0.25) is 0 Å². The number of rotatable bonds is 1. The van der Waals surface area contributed by atoms with Crippen molar-refractivity contribution in [2.24, 2.45) is 29.6 Å². The number of carbonyl (C=O) groups excluding carboxylic acids is 2. The average molecular weight is 481 g/mol. The third kappa shape index (κ3) is 2.45. The number of nitrogens with zero attached hydrogens (tertiary/aromatic N) is 1. The Kier molecular flexibility index (Phi) is 4.03. The predicted molar refractivity (Wildman–Crippen MR) is 114 cm³/mol. The van der Waals surface area contributed by atoms with Crippen LogP contribution in [0, 0.1) is 29.6 Å². The van der Waals surface area contributed by atoms with E-state index in [0.717, 1.165) is 20.9 Å². The molecule has 0 spiro atoms. The summed E-state index contributed by atoms with van der Waals surface area (Å²) in [5.41, 5.74) is -1.71. The summed E-state index contributed by atoms with van der Waals surface area (Å²) >= 11 is 2.75. The van der Waals surface area contributed by atoms with Crippen LogP contribution in [0.5, 0.6) is 0 Å². The van der Waals surface area contributed by atoms with Crippen LogP contribution in [0.4, 0.5) is 18.9 Å². The summed E-state index contributed by atoms with van der Waals surface area (Å²) < 4.78 is 40.9. The van der Waals surface area contributed by atoms with Gasteiger partial charge in [-0.1, -0.05) is 37.3 Å². The van der Waals surface area contributed by atoms with E-state index in [9.17, 15) is 27.6 Å². The van der Waals surface area contributed by atoms with Crippen molar-refractivity contribution in [3.05, 3.63) is 44.4 Å². The van der Waals surface area contributed by atoms with Gasteiger partial charge in [-0.3, -0.25) is 14.4 Å². The lowest BCUT2D eigenvalue weighted by Crippen LogP contribution is -2.48. The monoisotopic (exact) mass is 480 g/mol. The smallest absolute Gasteiger partial charge is 0.307 e. The number of nitrogens with one attached hydrogen (secondary N) is 1. The molecular weight excluding hydrogens is 461 g/mol. The lowest BCUT2D eigenvalue weighted by atomic mass is 9.64. The van der Waals surface area contributed by atoms with Crippen LogP contribution in [0.1, 0.15) is 30.7 Å². The number of hydrogen-bond donors (Lipinski definition) is 1. The highest BCUT2D eigenvalue weighted by Gasteiger charge is 2.71. The quantitative estimate of drug-likeness (QED) is 0.619. The minimum absolute atomic E-state index is 0.0450. The van der Waals surface area contributed by atoms with Gasteiger partial charge in [0.1, 0.15) is 0 Å². The van der Waals surface area contributed by atoms with Gasteiger partial charge >= 0.3 is 11.0 Å². The Morgan fingerprint density at radius 2 is 1.72 bits per heavy atom. The van der Waals surface area contributed by atoms with E-state index >= 15 is 0 Å². The zero-order valence-electron chi connectivity index (χ0n) is 17.1. The summed E-state index contributed by atoms with van der Waals surface area (Å²) in [5.74, 6) is -2.37. The maximum atomic E-state index is 13.6. The summed E-state index contributed by atoms with van der Waals surface area (Å²) in [5, 5.41) is 0.870. The molecule has 6 rings (SSSR count). The number of carbonyl (C=O) groups is 2. The van der Waals surface area contributed by atoms with E-state index in [4.69, 9.17) is 0 Å². The molecule has 2 bridgehead atoms. The Morgan fingerprint density at radius 3 is 2.41 bits per heavy atom. The standard InChI is InChI=1S/C22H19F3N2O3S2/c1-21(2)14-8-7-9(15(14)31-17-16(21)32-20(30)26-17)13-12(8)18(28)27(19(13)29)11-6-4-3-5-10(11)22(23,24)25/h3-6,8-9,12-15H,7H2,1-2H3,(H,26,30). The molecule has 4 aliphatic rings. The third-order valence-corrected chi connectivity index (χ3v) is 10.6. The first kappa shape index (κ1) is 20.5. The molecule has 3 fully saturated rings. The molecular formula is C22H19F3N2O3S2. The molecule has 3 heterocycles. The van der Waals surface area contributed by atoms with Crippen molar-refractivity contribution in [2.75, 3.05) is 4.90 Å². The maximum Gasteiger partial charge on any atom is 0.418 e. The first-order chi connectivity index (χ1) is 15.0. The molecule has 168 valence electrons. The molecule has 0 radical (unpaired) electrons. The van der Waals surface area contributed by atoms with Crippen molar-refractivity contribution >= 4 is 40.6 Å². The van der Waals surface area contributed by atoms with Crippen LogP contribution in [0.3, 0.4) is 0 Å². The Labute approximate surface area is 189 Å². The number of hydrogen-bond acceptors (Lipinski definition) is 5. The van der Waals surface area contributed by atoms with Gasteiger partial charge in [-0.25, -0.2) is 4.90 Å². The van der Waals surface area contributed by atoms with Gasteiger partial charge in [-0.05, 0) is 36.3 Å². The van der Waals surface area contributed by atoms with Crippen molar-refractivity contribution in [1.82, 2.24) is 4.98 Å². The molecule has 2 amide bonds. The lowest BCUT2D eigenvalue weighted by molar-refractivity contribution is -0.137. The first-order valence-corrected chi connectivity index (χ1v) is 12.2. The molecule has 6 atom stereocenters. The van der Waals surface area contributed by atoms with Gasteiger partial charge in [0.05, 0.1) is 28.1 Å². The number of anilines is 1. The molecule has 2 aromatic rings. The molecule has 2 aliphatic heterocycles. The van der Waals surface area contributed by atoms with Gasteiger partial charge in [-0.15, -0.1) is 11.8 Å². The van der Waals surface area contributed by atoms with Crippen molar-refractivity contribution in [1.29, 1.82) is 0 Å². The fraction of sp³-hybridized carbons (Fsp3) is 0.500. The number of thioether (sulfide) groups is 1. The topological polar surface area (TPSA) is 70.2 Å². The summed E-state index contributed by atoms with van der Waals surface area (Å²) in [4.78, 5) is 43.4. The normalized spacial score (nSPS) is 34.6. The number of fused-ring (bicyclic) bond motifs is 9. The number of amides is 2. The zero-order valence-corrected chi connectivity index (χ0v) is 18.7. The van der Waals surface area contributed by atoms with Crippen molar-refractivity contribution < 1.29 is 22.8 Å². The van der Waals surface area contributed by atoms with Gasteiger partial charge in [0.2, 0.25) is 11.8 Å². The Bertz CT molecular complexity index is 1230. The van der Waals surface area contributed by atoms with Crippen LogP contribution in [0.15, 0.2) is 34.1 Å². The summed E-state index contributed by atoms with van der Waals surface area (Å²) in [6.07, 6.45) is -3.95. The van der Waals surface area contributed by atoms with Crippen LogP contribution >= 0.6 is 23.1 Å². The fourth-order valence-electron chi connectivity index (χ4n) is 6.80. The number of benzene rings is 1. The van der Waals surface area contributed by atoms with Gasteiger partial charge < -0.3 is 4.98 Å². The zero-order chi connectivity index (χ0) is 22.7. The van der Waals surface area contributed by atoms with Crippen molar-refractivity contribution in [3.63, 3.8) is 0 Å². The highest BCUT2D eigenvalue weighted by molar-refractivity contribution is 8.00. The molecule has 5 nitrogen and oxygen atoms in total.